The van der Waals surface area contributed by atoms with Gasteiger partial charge < -0.3 is 19.9 Å². The van der Waals surface area contributed by atoms with Crippen molar-refractivity contribution in [3.05, 3.63) is 5.21 Å². The largest absolute Gasteiger partial charge is 0.632 e. The SMILES string of the molecule is N#C[C@@H]1CCCN1C(=O)CN(CC[N+]1([O-])CCC[C@H]1C#N)C12CC3CC1CC(O)C2C3. The van der Waals surface area contributed by atoms with Gasteiger partial charge in [0.15, 0.2) is 6.04 Å². The molecule has 3 saturated carbocycles. The van der Waals surface area contributed by atoms with Crippen molar-refractivity contribution in [2.75, 3.05) is 32.7 Å². The Balaban J connectivity index is 1.39. The maximum atomic E-state index is 13.4. The maximum absolute atomic E-state index is 13.4. The van der Waals surface area contributed by atoms with Gasteiger partial charge in [-0.2, -0.15) is 10.5 Å². The summed E-state index contributed by atoms with van der Waals surface area (Å²) < 4.78 is -0.483. The third-order valence-electron chi connectivity index (χ3n) is 9.28. The zero-order chi connectivity index (χ0) is 21.8. The summed E-state index contributed by atoms with van der Waals surface area (Å²) >= 11 is 0. The Morgan fingerprint density at radius 2 is 2.06 bits per heavy atom. The number of quaternary nitrogens is 1. The maximum Gasteiger partial charge on any atom is 0.237 e. The van der Waals surface area contributed by atoms with E-state index in [-0.39, 0.29) is 36.1 Å². The van der Waals surface area contributed by atoms with Gasteiger partial charge in [-0.05, 0) is 50.4 Å². The smallest absolute Gasteiger partial charge is 0.237 e. The van der Waals surface area contributed by atoms with Gasteiger partial charge in [0.2, 0.25) is 5.91 Å². The van der Waals surface area contributed by atoms with E-state index in [9.17, 15) is 25.6 Å². The van der Waals surface area contributed by atoms with Crippen LogP contribution in [-0.2, 0) is 4.79 Å². The lowest BCUT2D eigenvalue weighted by molar-refractivity contribution is -0.884. The average Bonchev–Trinajstić information content (AvgIpc) is 3.53. The molecule has 3 aliphatic carbocycles. The molecular weight excluding hydrogens is 394 g/mol. The highest BCUT2D eigenvalue weighted by atomic mass is 16.5. The molecule has 0 radical (unpaired) electrons. The van der Waals surface area contributed by atoms with E-state index in [1.54, 1.807) is 4.90 Å². The minimum atomic E-state index is -0.515. The number of aliphatic hydroxyl groups is 1. The van der Waals surface area contributed by atoms with Gasteiger partial charge in [-0.25, -0.2) is 0 Å². The second kappa shape index (κ2) is 7.71. The van der Waals surface area contributed by atoms with Crippen molar-refractivity contribution in [1.29, 1.82) is 10.5 Å². The molecule has 6 unspecified atom stereocenters. The summed E-state index contributed by atoms with van der Waals surface area (Å²) in [6, 6.07) is 3.60. The molecule has 2 saturated heterocycles. The topological polar surface area (TPSA) is 114 Å². The Morgan fingerprint density at radius 3 is 2.81 bits per heavy atom. The third kappa shape index (κ3) is 3.19. The Bertz CT molecular complexity index is 823. The van der Waals surface area contributed by atoms with Gasteiger partial charge in [0.25, 0.3) is 0 Å². The minimum Gasteiger partial charge on any atom is -0.632 e. The van der Waals surface area contributed by atoms with E-state index >= 15 is 0 Å². The van der Waals surface area contributed by atoms with Gasteiger partial charge in [-0.1, -0.05) is 0 Å². The summed E-state index contributed by atoms with van der Waals surface area (Å²) in [5, 5.41) is 43.0. The quantitative estimate of drug-likeness (QED) is 0.506. The summed E-state index contributed by atoms with van der Waals surface area (Å²) in [5.74, 6) is 1.10. The van der Waals surface area contributed by atoms with Gasteiger partial charge in [0.1, 0.15) is 12.1 Å². The van der Waals surface area contributed by atoms with Crippen LogP contribution in [0.4, 0.5) is 0 Å². The van der Waals surface area contributed by atoms with Gasteiger partial charge in [0.05, 0.1) is 31.8 Å². The zero-order valence-electron chi connectivity index (χ0n) is 18.2. The second-order valence-corrected chi connectivity index (χ2v) is 10.6. The fourth-order valence-electron chi connectivity index (χ4n) is 7.94. The van der Waals surface area contributed by atoms with Crippen molar-refractivity contribution in [2.24, 2.45) is 17.8 Å². The van der Waals surface area contributed by atoms with E-state index in [0.29, 0.717) is 44.4 Å². The van der Waals surface area contributed by atoms with Crippen LogP contribution in [0.3, 0.4) is 0 Å². The van der Waals surface area contributed by atoms with E-state index in [1.165, 1.54) is 0 Å². The molecular formula is C23H33N5O3. The van der Waals surface area contributed by atoms with Crippen LogP contribution < -0.4 is 0 Å². The predicted molar refractivity (Wildman–Crippen MR) is 112 cm³/mol. The minimum absolute atomic E-state index is 0.0293. The number of nitriles is 2. The number of carbonyl (C=O) groups excluding carboxylic acids is 1. The molecule has 0 aromatic carbocycles. The summed E-state index contributed by atoms with van der Waals surface area (Å²) in [7, 11) is 0. The fourth-order valence-corrected chi connectivity index (χ4v) is 7.94. The molecule has 1 N–H and O–H groups in total. The molecule has 2 heterocycles. The first-order valence-corrected chi connectivity index (χ1v) is 12.0. The van der Waals surface area contributed by atoms with Gasteiger partial charge in [0, 0.05) is 37.4 Å². The first-order valence-electron chi connectivity index (χ1n) is 12.0. The van der Waals surface area contributed by atoms with Gasteiger partial charge >= 0.3 is 0 Å². The molecule has 0 aromatic heterocycles. The van der Waals surface area contributed by atoms with E-state index in [0.717, 1.165) is 44.9 Å². The average molecular weight is 428 g/mol. The predicted octanol–water partition coefficient (Wildman–Crippen LogP) is 1.35. The first-order chi connectivity index (χ1) is 14.9. The number of rotatable bonds is 6. The van der Waals surface area contributed by atoms with E-state index in [4.69, 9.17) is 0 Å². The van der Waals surface area contributed by atoms with Gasteiger partial charge in [-0.15, -0.1) is 0 Å². The highest BCUT2D eigenvalue weighted by molar-refractivity contribution is 5.79. The number of fused-ring (bicyclic) bond motifs is 1. The van der Waals surface area contributed by atoms with Crippen LogP contribution in [0.5, 0.6) is 0 Å². The van der Waals surface area contributed by atoms with Crippen LogP contribution in [0.1, 0.15) is 51.4 Å². The van der Waals surface area contributed by atoms with Crippen molar-refractivity contribution in [1.82, 2.24) is 9.80 Å². The summed E-state index contributed by atoms with van der Waals surface area (Å²) in [4.78, 5) is 17.2. The van der Waals surface area contributed by atoms with Crippen LogP contribution in [0, 0.1) is 45.6 Å². The summed E-state index contributed by atoms with van der Waals surface area (Å²) in [5.41, 5.74) is -0.206. The fraction of sp³-hybridized carbons (Fsp3) is 0.870. The molecule has 2 bridgehead atoms. The van der Waals surface area contributed by atoms with Crippen LogP contribution in [-0.4, -0.2) is 81.9 Å². The number of amides is 1. The molecule has 2 aliphatic heterocycles. The molecule has 1 amide bonds. The number of likely N-dealkylation sites (tertiary alicyclic amines) is 2. The standard InChI is InChI=1S/C23H33N5O3/c24-13-18-3-1-5-27(18)22(30)15-26(6-8-28(31)7-2-4-19(28)14-25)23-12-16-9-17(23)11-21(29)20(23)10-16/h16-21,29H,1-12,15H2/t16?,17?,18-,19-,20?,21?,23?,28?/m0/s1. The summed E-state index contributed by atoms with van der Waals surface area (Å²) in [6.07, 6.45) is 6.55. The number of nitrogens with zero attached hydrogens (tertiary/aromatic N) is 5. The molecule has 168 valence electrons. The second-order valence-electron chi connectivity index (χ2n) is 10.6. The number of hydrogen-bond acceptors (Lipinski definition) is 6. The first kappa shape index (κ1) is 21.2. The molecule has 8 nitrogen and oxygen atoms in total. The highest BCUT2D eigenvalue weighted by Crippen LogP contribution is 2.64. The van der Waals surface area contributed by atoms with Gasteiger partial charge in [-0.3, -0.25) is 9.69 Å². The number of hydroxylamine groups is 3. The normalized spacial score (nSPS) is 45.4. The molecule has 8 atom stereocenters. The molecule has 0 aromatic rings. The lowest BCUT2D eigenvalue weighted by Gasteiger charge is -2.48. The van der Waals surface area contributed by atoms with E-state index < -0.39 is 10.7 Å². The third-order valence-corrected chi connectivity index (χ3v) is 9.28. The Hall–Kier alpha value is -1.71. The number of hydrogen-bond donors (Lipinski definition) is 1. The number of aliphatic hydroxyl groups excluding tert-OH is 1. The zero-order valence-corrected chi connectivity index (χ0v) is 18.2. The van der Waals surface area contributed by atoms with Crippen LogP contribution >= 0.6 is 0 Å². The van der Waals surface area contributed by atoms with E-state index in [1.807, 2.05) is 0 Å². The van der Waals surface area contributed by atoms with Crippen LogP contribution in [0.2, 0.25) is 0 Å². The van der Waals surface area contributed by atoms with Crippen molar-refractivity contribution in [3.63, 3.8) is 0 Å². The lowest BCUT2D eigenvalue weighted by atomic mass is 9.80. The Morgan fingerprint density at radius 1 is 1.23 bits per heavy atom. The Labute approximate surface area is 184 Å². The molecule has 8 heteroatoms. The van der Waals surface area contributed by atoms with Crippen molar-refractivity contribution < 1.29 is 14.5 Å². The van der Waals surface area contributed by atoms with E-state index in [2.05, 4.69) is 17.0 Å². The van der Waals surface area contributed by atoms with Crippen molar-refractivity contribution in [3.8, 4) is 12.1 Å². The lowest BCUT2D eigenvalue weighted by Crippen LogP contribution is -2.60. The van der Waals surface area contributed by atoms with Crippen molar-refractivity contribution >= 4 is 5.91 Å². The van der Waals surface area contributed by atoms with Crippen molar-refractivity contribution in [2.45, 2.75) is 75.1 Å². The molecule has 5 fully saturated rings. The molecule has 5 aliphatic rings. The number of carbonyl (C=O) groups is 1. The van der Waals surface area contributed by atoms with Crippen LogP contribution in [0.15, 0.2) is 0 Å². The monoisotopic (exact) mass is 427 g/mol. The highest BCUT2D eigenvalue weighted by Gasteiger charge is 2.67. The molecule has 0 spiro atoms. The molecule has 5 rings (SSSR count). The Kier molecular flexibility index (Phi) is 5.26. The van der Waals surface area contributed by atoms with Crippen LogP contribution in [0.25, 0.3) is 0 Å². The molecule has 31 heavy (non-hydrogen) atoms. The summed E-state index contributed by atoms with van der Waals surface area (Å²) in [6.45, 7) is 2.09.